The summed E-state index contributed by atoms with van der Waals surface area (Å²) >= 11 is -1.84. The average molecular weight is 252 g/mol. The van der Waals surface area contributed by atoms with Crippen LogP contribution in [0.5, 0.6) is 0 Å². The first-order valence-electron chi connectivity index (χ1n) is 4.63. The van der Waals surface area contributed by atoms with E-state index in [1.165, 1.54) is 12.1 Å². The van der Waals surface area contributed by atoms with Crippen molar-refractivity contribution in [3.63, 3.8) is 0 Å². The summed E-state index contributed by atoms with van der Waals surface area (Å²) in [7, 11) is 0. The first-order valence-corrected chi connectivity index (χ1v) is 5.91. The third-order valence-electron chi connectivity index (χ3n) is 2.07. The van der Waals surface area contributed by atoms with E-state index < -0.39 is 22.8 Å². The van der Waals surface area contributed by atoms with Crippen LogP contribution in [0, 0.1) is 0 Å². The molecule has 0 spiro atoms. The van der Waals surface area contributed by atoms with Crippen LogP contribution in [0.15, 0.2) is 24.3 Å². The van der Waals surface area contributed by atoms with E-state index in [1.807, 2.05) is 0 Å². The Hall–Kier alpha value is -0.880. The maximum Gasteiger partial charge on any atom is 0.416 e. The van der Waals surface area contributed by atoms with Gasteiger partial charge in [0, 0.05) is 5.75 Å². The van der Waals surface area contributed by atoms with Crippen molar-refractivity contribution >= 4 is 11.1 Å². The van der Waals surface area contributed by atoms with Crippen molar-refractivity contribution < 1.29 is 21.9 Å². The molecule has 1 aromatic rings. The second-order valence-corrected chi connectivity index (χ2v) is 4.38. The van der Waals surface area contributed by atoms with Crippen molar-refractivity contribution in [2.24, 2.45) is 0 Å². The largest absolute Gasteiger partial charge is 0.416 e. The van der Waals surface area contributed by atoms with Crippen LogP contribution < -0.4 is 0 Å². The standard InChI is InChI=1S/C10H11F3O2S/c11-10(12,13)9-5-3-8(4-6-9)2-1-7-16(14)15/h3-6H,1-2,7H2,(H,14,15). The molecule has 0 radical (unpaired) electrons. The van der Waals surface area contributed by atoms with Crippen molar-refractivity contribution in [3.05, 3.63) is 35.4 Å². The summed E-state index contributed by atoms with van der Waals surface area (Å²) in [6, 6.07) is 4.82. The van der Waals surface area contributed by atoms with Crippen molar-refractivity contribution in [2.45, 2.75) is 19.0 Å². The summed E-state index contributed by atoms with van der Waals surface area (Å²) in [4.78, 5) is 0. The molecule has 0 aromatic heterocycles. The third-order valence-corrected chi connectivity index (χ3v) is 2.70. The van der Waals surface area contributed by atoms with E-state index in [0.717, 1.165) is 17.7 Å². The van der Waals surface area contributed by atoms with Crippen molar-refractivity contribution in [1.82, 2.24) is 0 Å². The number of hydrogen-bond acceptors (Lipinski definition) is 1. The van der Waals surface area contributed by atoms with Crippen LogP contribution in [0.25, 0.3) is 0 Å². The first-order chi connectivity index (χ1) is 7.39. The average Bonchev–Trinajstić information content (AvgIpc) is 2.16. The molecule has 6 heteroatoms. The molecule has 0 aliphatic heterocycles. The lowest BCUT2D eigenvalue weighted by Crippen LogP contribution is -2.04. The first kappa shape index (κ1) is 13.2. The maximum absolute atomic E-state index is 12.2. The molecule has 1 aromatic carbocycles. The fraction of sp³-hybridized carbons (Fsp3) is 0.400. The van der Waals surface area contributed by atoms with Gasteiger partial charge in [0.25, 0.3) is 0 Å². The topological polar surface area (TPSA) is 37.3 Å². The molecule has 1 unspecified atom stereocenters. The number of alkyl halides is 3. The Balaban J connectivity index is 2.55. The van der Waals surface area contributed by atoms with Gasteiger partial charge >= 0.3 is 6.18 Å². The molecule has 0 heterocycles. The Morgan fingerprint density at radius 3 is 2.19 bits per heavy atom. The number of hydrogen-bond donors (Lipinski definition) is 1. The summed E-state index contributed by atoms with van der Waals surface area (Å²) in [5.41, 5.74) is 0.0560. The van der Waals surface area contributed by atoms with Crippen molar-refractivity contribution in [2.75, 3.05) is 5.75 Å². The molecule has 1 atom stereocenters. The van der Waals surface area contributed by atoms with Crippen LogP contribution in [0.4, 0.5) is 13.2 Å². The molecule has 0 aliphatic carbocycles. The Kier molecular flexibility index (Phi) is 4.49. The highest BCUT2D eigenvalue weighted by atomic mass is 32.2. The zero-order valence-corrected chi connectivity index (χ0v) is 9.14. The van der Waals surface area contributed by atoms with E-state index in [-0.39, 0.29) is 5.75 Å². The quantitative estimate of drug-likeness (QED) is 0.837. The van der Waals surface area contributed by atoms with Crippen LogP contribution in [0.2, 0.25) is 0 Å². The van der Waals surface area contributed by atoms with Gasteiger partial charge in [-0.3, -0.25) is 0 Å². The molecule has 0 amide bonds. The highest BCUT2D eigenvalue weighted by Gasteiger charge is 2.29. The van der Waals surface area contributed by atoms with Gasteiger partial charge in [-0.15, -0.1) is 0 Å². The van der Waals surface area contributed by atoms with Gasteiger partial charge in [-0.1, -0.05) is 12.1 Å². The lowest BCUT2D eigenvalue weighted by atomic mass is 10.1. The Morgan fingerprint density at radius 1 is 1.19 bits per heavy atom. The predicted molar refractivity (Wildman–Crippen MR) is 55.4 cm³/mol. The summed E-state index contributed by atoms with van der Waals surface area (Å²) < 4.78 is 55.5. The van der Waals surface area contributed by atoms with Crippen LogP contribution >= 0.6 is 0 Å². The number of benzene rings is 1. The summed E-state index contributed by atoms with van der Waals surface area (Å²) in [5.74, 6) is 0.140. The van der Waals surface area contributed by atoms with Gasteiger partial charge in [0.05, 0.1) is 5.56 Å². The maximum atomic E-state index is 12.2. The normalized spacial score (nSPS) is 13.8. The van der Waals surface area contributed by atoms with Crippen LogP contribution in [-0.4, -0.2) is 14.5 Å². The van der Waals surface area contributed by atoms with Crippen molar-refractivity contribution in [3.8, 4) is 0 Å². The molecule has 90 valence electrons. The van der Waals surface area contributed by atoms with Gasteiger partial charge in [-0.25, -0.2) is 4.21 Å². The minimum atomic E-state index is -4.31. The third kappa shape index (κ3) is 4.32. The van der Waals surface area contributed by atoms with Gasteiger partial charge in [0.15, 0.2) is 11.1 Å². The fourth-order valence-electron chi connectivity index (χ4n) is 1.26. The zero-order valence-electron chi connectivity index (χ0n) is 8.33. The van der Waals surface area contributed by atoms with Crippen molar-refractivity contribution in [1.29, 1.82) is 0 Å². The van der Waals surface area contributed by atoms with E-state index in [1.54, 1.807) is 0 Å². The molecular formula is C10H11F3O2S. The number of halogens is 3. The monoisotopic (exact) mass is 252 g/mol. The molecule has 0 saturated heterocycles. The molecule has 0 aliphatic rings. The molecule has 16 heavy (non-hydrogen) atoms. The smallest absolute Gasteiger partial charge is 0.306 e. The Morgan fingerprint density at radius 2 is 1.75 bits per heavy atom. The second kappa shape index (κ2) is 5.45. The number of rotatable bonds is 4. The van der Waals surface area contributed by atoms with Gasteiger partial charge < -0.3 is 4.55 Å². The highest BCUT2D eigenvalue weighted by Crippen LogP contribution is 2.29. The molecular weight excluding hydrogens is 241 g/mol. The summed E-state index contributed by atoms with van der Waals surface area (Å²) in [6.07, 6.45) is -3.33. The summed E-state index contributed by atoms with van der Waals surface area (Å²) in [5, 5.41) is 0. The molecule has 0 bridgehead atoms. The van der Waals surface area contributed by atoms with E-state index in [9.17, 15) is 17.4 Å². The van der Waals surface area contributed by atoms with E-state index in [0.29, 0.717) is 12.8 Å². The zero-order chi connectivity index (χ0) is 12.2. The van der Waals surface area contributed by atoms with Crippen LogP contribution in [0.3, 0.4) is 0 Å². The number of aryl methyl sites for hydroxylation is 1. The second-order valence-electron chi connectivity index (χ2n) is 3.32. The molecule has 0 saturated carbocycles. The molecule has 2 nitrogen and oxygen atoms in total. The summed E-state index contributed by atoms with van der Waals surface area (Å²) in [6.45, 7) is 0. The van der Waals surface area contributed by atoms with Gasteiger partial charge in [-0.05, 0) is 30.5 Å². The van der Waals surface area contributed by atoms with E-state index >= 15 is 0 Å². The molecule has 0 fully saturated rings. The minimum Gasteiger partial charge on any atom is -0.306 e. The SMILES string of the molecule is O=S(O)CCCc1ccc(C(F)(F)F)cc1. The van der Waals surface area contributed by atoms with Gasteiger partial charge in [-0.2, -0.15) is 13.2 Å². The van der Waals surface area contributed by atoms with Crippen LogP contribution in [0.1, 0.15) is 17.5 Å². The highest BCUT2D eigenvalue weighted by molar-refractivity contribution is 7.79. The molecule has 1 rings (SSSR count). The lowest BCUT2D eigenvalue weighted by Gasteiger charge is -2.07. The van der Waals surface area contributed by atoms with Crippen LogP contribution in [-0.2, 0) is 23.7 Å². The fourth-order valence-corrected chi connectivity index (χ4v) is 1.65. The Labute approximate surface area is 93.8 Å². The predicted octanol–water partition coefficient (Wildman–Crippen LogP) is 2.86. The van der Waals surface area contributed by atoms with Gasteiger partial charge in [0.2, 0.25) is 0 Å². The van der Waals surface area contributed by atoms with Gasteiger partial charge in [0.1, 0.15) is 0 Å². The molecule has 1 N–H and O–H groups in total. The minimum absolute atomic E-state index is 0.140. The Bertz CT molecular complexity index is 359. The van der Waals surface area contributed by atoms with E-state index in [4.69, 9.17) is 4.55 Å². The lowest BCUT2D eigenvalue weighted by molar-refractivity contribution is -0.137. The van der Waals surface area contributed by atoms with E-state index in [2.05, 4.69) is 0 Å².